The maximum absolute atomic E-state index is 10.0. The van der Waals surface area contributed by atoms with E-state index in [0.29, 0.717) is 6.61 Å². The molecule has 0 amide bonds. The molecule has 2 nitrogen and oxygen atoms in total. The standard InChI is InChI=1S/C12H18O2/c1-3-10(9-14-2)12(13)11-7-5-4-6-8-11/h4-8,10,12-13H,3,9H2,1-2H3. The van der Waals surface area contributed by atoms with Crippen molar-refractivity contribution >= 4 is 0 Å². The zero-order valence-electron chi connectivity index (χ0n) is 8.81. The van der Waals surface area contributed by atoms with Crippen LogP contribution in [0.2, 0.25) is 0 Å². The molecule has 0 bridgehead atoms. The second kappa shape index (κ2) is 5.78. The summed E-state index contributed by atoms with van der Waals surface area (Å²) in [5.41, 5.74) is 0.969. The molecule has 1 aromatic carbocycles. The summed E-state index contributed by atoms with van der Waals surface area (Å²) in [6.07, 6.45) is 0.505. The van der Waals surface area contributed by atoms with Gasteiger partial charge in [0.05, 0.1) is 12.7 Å². The zero-order chi connectivity index (χ0) is 10.4. The minimum Gasteiger partial charge on any atom is -0.388 e. The van der Waals surface area contributed by atoms with E-state index in [9.17, 15) is 5.11 Å². The molecule has 0 fully saturated rings. The maximum Gasteiger partial charge on any atom is 0.0840 e. The number of aliphatic hydroxyl groups excluding tert-OH is 1. The Kier molecular flexibility index (Phi) is 4.63. The predicted octanol–water partition coefficient (Wildman–Crippen LogP) is 2.39. The van der Waals surface area contributed by atoms with E-state index in [1.54, 1.807) is 7.11 Å². The molecule has 2 heteroatoms. The summed E-state index contributed by atoms with van der Waals surface area (Å²) in [7, 11) is 1.67. The summed E-state index contributed by atoms with van der Waals surface area (Å²) < 4.78 is 5.08. The van der Waals surface area contributed by atoms with Crippen molar-refractivity contribution in [3.8, 4) is 0 Å². The Labute approximate surface area is 85.5 Å². The molecule has 14 heavy (non-hydrogen) atoms. The minimum absolute atomic E-state index is 0.183. The molecule has 0 aliphatic carbocycles. The normalized spacial score (nSPS) is 15.1. The van der Waals surface area contributed by atoms with E-state index in [4.69, 9.17) is 4.74 Å². The molecule has 0 aliphatic rings. The van der Waals surface area contributed by atoms with Gasteiger partial charge in [0.25, 0.3) is 0 Å². The highest BCUT2D eigenvalue weighted by Crippen LogP contribution is 2.24. The molecular weight excluding hydrogens is 176 g/mol. The van der Waals surface area contributed by atoms with Crippen LogP contribution in [-0.2, 0) is 4.74 Å². The number of aliphatic hydroxyl groups is 1. The molecule has 2 unspecified atom stereocenters. The molecule has 0 aliphatic heterocycles. The highest BCUT2D eigenvalue weighted by molar-refractivity contribution is 5.17. The molecule has 0 saturated heterocycles. The number of hydrogen-bond acceptors (Lipinski definition) is 2. The Morgan fingerprint density at radius 2 is 1.93 bits per heavy atom. The van der Waals surface area contributed by atoms with Gasteiger partial charge in [0, 0.05) is 13.0 Å². The van der Waals surface area contributed by atoms with E-state index in [0.717, 1.165) is 12.0 Å². The van der Waals surface area contributed by atoms with Gasteiger partial charge < -0.3 is 9.84 Å². The number of rotatable bonds is 5. The first-order chi connectivity index (χ1) is 6.79. The van der Waals surface area contributed by atoms with Crippen molar-refractivity contribution in [3.05, 3.63) is 35.9 Å². The first-order valence-corrected chi connectivity index (χ1v) is 5.01. The number of hydrogen-bond donors (Lipinski definition) is 1. The van der Waals surface area contributed by atoms with Gasteiger partial charge in [0.1, 0.15) is 0 Å². The van der Waals surface area contributed by atoms with E-state index in [1.165, 1.54) is 0 Å². The van der Waals surface area contributed by atoms with Crippen LogP contribution in [0.3, 0.4) is 0 Å². The topological polar surface area (TPSA) is 29.5 Å². The Balaban J connectivity index is 2.67. The summed E-state index contributed by atoms with van der Waals surface area (Å²) in [4.78, 5) is 0. The van der Waals surface area contributed by atoms with Crippen LogP contribution in [0.15, 0.2) is 30.3 Å². The molecule has 0 radical (unpaired) electrons. The highest BCUT2D eigenvalue weighted by Gasteiger charge is 2.18. The van der Waals surface area contributed by atoms with Gasteiger partial charge in [0.15, 0.2) is 0 Å². The Morgan fingerprint density at radius 1 is 1.29 bits per heavy atom. The highest BCUT2D eigenvalue weighted by atomic mass is 16.5. The first-order valence-electron chi connectivity index (χ1n) is 5.01. The lowest BCUT2D eigenvalue weighted by atomic mass is 9.94. The van der Waals surface area contributed by atoms with E-state index >= 15 is 0 Å². The largest absolute Gasteiger partial charge is 0.388 e. The van der Waals surface area contributed by atoms with E-state index < -0.39 is 6.10 Å². The summed E-state index contributed by atoms with van der Waals surface area (Å²) in [6, 6.07) is 9.73. The van der Waals surface area contributed by atoms with Crippen molar-refractivity contribution in [2.45, 2.75) is 19.4 Å². The predicted molar refractivity (Wildman–Crippen MR) is 57.1 cm³/mol. The van der Waals surface area contributed by atoms with Crippen LogP contribution in [0.25, 0.3) is 0 Å². The number of methoxy groups -OCH3 is 1. The Morgan fingerprint density at radius 3 is 2.43 bits per heavy atom. The fourth-order valence-electron chi connectivity index (χ4n) is 1.57. The average Bonchev–Trinajstić information content (AvgIpc) is 2.26. The van der Waals surface area contributed by atoms with Gasteiger partial charge in [-0.3, -0.25) is 0 Å². The van der Waals surface area contributed by atoms with Gasteiger partial charge in [-0.1, -0.05) is 37.3 Å². The third-order valence-electron chi connectivity index (χ3n) is 2.49. The maximum atomic E-state index is 10.0. The van der Waals surface area contributed by atoms with Gasteiger partial charge in [0.2, 0.25) is 0 Å². The number of benzene rings is 1. The molecule has 0 saturated carbocycles. The van der Waals surface area contributed by atoms with Gasteiger partial charge in [-0.2, -0.15) is 0 Å². The molecule has 1 rings (SSSR count). The lowest BCUT2D eigenvalue weighted by molar-refractivity contribution is 0.0453. The molecule has 0 spiro atoms. The third kappa shape index (κ3) is 2.82. The fourth-order valence-corrected chi connectivity index (χ4v) is 1.57. The van der Waals surface area contributed by atoms with Crippen molar-refractivity contribution in [1.82, 2.24) is 0 Å². The second-order valence-electron chi connectivity index (χ2n) is 3.48. The minimum atomic E-state index is -0.416. The number of ether oxygens (including phenoxy) is 1. The molecular formula is C12H18O2. The molecule has 1 aromatic rings. The second-order valence-corrected chi connectivity index (χ2v) is 3.48. The van der Waals surface area contributed by atoms with Crippen molar-refractivity contribution in [3.63, 3.8) is 0 Å². The van der Waals surface area contributed by atoms with Crippen LogP contribution in [0.4, 0.5) is 0 Å². The summed E-state index contributed by atoms with van der Waals surface area (Å²) in [5.74, 6) is 0.183. The molecule has 1 N–H and O–H groups in total. The molecule has 78 valence electrons. The average molecular weight is 194 g/mol. The molecule has 2 atom stereocenters. The Hall–Kier alpha value is -0.860. The smallest absolute Gasteiger partial charge is 0.0840 e. The fraction of sp³-hybridized carbons (Fsp3) is 0.500. The van der Waals surface area contributed by atoms with E-state index in [-0.39, 0.29) is 5.92 Å². The van der Waals surface area contributed by atoms with Crippen LogP contribution >= 0.6 is 0 Å². The van der Waals surface area contributed by atoms with Crippen LogP contribution in [0.5, 0.6) is 0 Å². The lowest BCUT2D eigenvalue weighted by Gasteiger charge is -2.20. The van der Waals surface area contributed by atoms with Crippen LogP contribution in [0.1, 0.15) is 25.0 Å². The Bertz CT molecular complexity index is 246. The molecule has 0 aromatic heterocycles. The van der Waals surface area contributed by atoms with Crippen molar-refractivity contribution < 1.29 is 9.84 Å². The van der Waals surface area contributed by atoms with E-state index in [1.807, 2.05) is 30.3 Å². The van der Waals surface area contributed by atoms with Gasteiger partial charge in [-0.15, -0.1) is 0 Å². The molecule has 0 heterocycles. The summed E-state index contributed by atoms with van der Waals surface area (Å²) in [5, 5.41) is 10.0. The SMILES string of the molecule is CCC(COC)C(O)c1ccccc1. The van der Waals surface area contributed by atoms with Crippen molar-refractivity contribution in [2.75, 3.05) is 13.7 Å². The van der Waals surface area contributed by atoms with Gasteiger partial charge in [-0.25, -0.2) is 0 Å². The third-order valence-corrected chi connectivity index (χ3v) is 2.49. The monoisotopic (exact) mass is 194 g/mol. The first kappa shape index (κ1) is 11.2. The van der Waals surface area contributed by atoms with Crippen molar-refractivity contribution in [2.24, 2.45) is 5.92 Å². The van der Waals surface area contributed by atoms with Crippen LogP contribution < -0.4 is 0 Å². The van der Waals surface area contributed by atoms with Gasteiger partial charge >= 0.3 is 0 Å². The van der Waals surface area contributed by atoms with Crippen LogP contribution in [0, 0.1) is 5.92 Å². The van der Waals surface area contributed by atoms with Crippen LogP contribution in [-0.4, -0.2) is 18.8 Å². The van der Waals surface area contributed by atoms with Crippen molar-refractivity contribution in [1.29, 1.82) is 0 Å². The summed E-state index contributed by atoms with van der Waals surface area (Å²) in [6.45, 7) is 2.67. The van der Waals surface area contributed by atoms with Gasteiger partial charge in [-0.05, 0) is 12.0 Å². The summed E-state index contributed by atoms with van der Waals surface area (Å²) >= 11 is 0. The quantitative estimate of drug-likeness (QED) is 0.780. The zero-order valence-corrected chi connectivity index (χ0v) is 8.81. The lowest BCUT2D eigenvalue weighted by Crippen LogP contribution is -2.16. The van der Waals surface area contributed by atoms with E-state index in [2.05, 4.69) is 6.92 Å².